The van der Waals surface area contributed by atoms with Crippen molar-refractivity contribution < 1.29 is 23.8 Å². The van der Waals surface area contributed by atoms with E-state index >= 15 is 0 Å². The number of nitrogens with one attached hydrogen (secondary N) is 2. The van der Waals surface area contributed by atoms with Crippen molar-refractivity contribution in [2.24, 2.45) is 4.99 Å². The van der Waals surface area contributed by atoms with Gasteiger partial charge in [-0.25, -0.2) is 9.59 Å². The lowest BCUT2D eigenvalue weighted by Crippen LogP contribution is -2.50. The standard InChI is InChI=1S/C23H42N4O5/c1-22(2,3)31-20(28)25-19(26-21(29)32-23(4,5)6)27-14-10-18(11-15-27)30-16-12-17-9-7-8-13-24-17/h17-18,24H,7-16H2,1-6H3,(H,25,26,28,29)/t17-/m1/s1. The lowest BCUT2D eigenvalue weighted by Gasteiger charge is -2.34. The zero-order valence-corrected chi connectivity index (χ0v) is 20.7. The van der Waals surface area contributed by atoms with Crippen LogP contribution in [-0.2, 0) is 14.2 Å². The van der Waals surface area contributed by atoms with Crippen LogP contribution in [0, 0.1) is 0 Å². The molecular formula is C23H42N4O5. The summed E-state index contributed by atoms with van der Waals surface area (Å²) in [6, 6.07) is 0.564. The van der Waals surface area contributed by atoms with Crippen LogP contribution in [0.15, 0.2) is 4.99 Å². The molecule has 9 nitrogen and oxygen atoms in total. The fourth-order valence-electron chi connectivity index (χ4n) is 3.73. The Bertz CT molecular complexity index is 640. The highest BCUT2D eigenvalue weighted by atomic mass is 16.6. The number of hydrogen-bond acceptors (Lipinski definition) is 6. The molecule has 0 bridgehead atoms. The predicted octanol–water partition coefficient (Wildman–Crippen LogP) is 3.82. The molecule has 1 atom stereocenters. The Hall–Kier alpha value is -1.87. The van der Waals surface area contributed by atoms with Crippen molar-refractivity contribution in [2.75, 3.05) is 26.2 Å². The quantitative estimate of drug-likeness (QED) is 0.492. The van der Waals surface area contributed by atoms with Gasteiger partial charge in [0.2, 0.25) is 5.96 Å². The van der Waals surface area contributed by atoms with Crippen molar-refractivity contribution in [2.45, 2.75) is 103 Å². The molecule has 0 aromatic rings. The van der Waals surface area contributed by atoms with E-state index in [9.17, 15) is 9.59 Å². The van der Waals surface area contributed by atoms with Crippen LogP contribution < -0.4 is 10.6 Å². The third-order valence-electron chi connectivity index (χ3n) is 5.18. The number of nitrogens with zero attached hydrogens (tertiary/aromatic N) is 2. The van der Waals surface area contributed by atoms with E-state index in [-0.39, 0.29) is 12.1 Å². The van der Waals surface area contributed by atoms with Gasteiger partial charge in [0.05, 0.1) is 6.10 Å². The van der Waals surface area contributed by atoms with Gasteiger partial charge in [0.15, 0.2) is 0 Å². The topological polar surface area (TPSA) is 101 Å². The summed E-state index contributed by atoms with van der Waals surface area (Å²) in [5.74, 6) is 0.151. The molecule has 2 aliphatic rings. The molecular weight excluding hydrogens is 412 g/mol. The van der Waals surface area contributed by atoms with E-state index in [1.165, 1.54) is 19.3 Å². The SMILES string of the molecule is CC(C)(C)OC(=O)N=C(NC(=O)OC(C)(C)C)N1CCC(OCC[C@H]2CCCCN2)CC1. The maximum Gasteiger partial charge on any atom is 0.437 e. The van der Waals surface area contributed by atoms with Crippen LogP contribution in [0.4, 0.5) is 9.59 Å². The van der Waals surface area contributed by atoms with Crippen LogP contribution in [0.3, 0.4) is 0 Å². The fourth-order valence-corrected chi connectivity index (χ4v) is 3.73. The third kappa shape index (κ3) is 10.6. The van der Waals surface area contributed by atoms with Crippen LogP contribution in [0.1, 0.15) is 80.1 Å². The van der Waals surface area contributed by atoms with E-state index < -0.39 is 23.4 Å². The molecule has 9 heteroatoms. The van der Waals surface area contributed by atoms with Crippen LogP contribution in [0.2, 0.25) is 0 Å². The van der Waals surface area contributed by atoms with Crippen molar-refractivity contribution in [1.29, 1.82) is 0 Å². The summed E-state index contributed by atoms with van der Waals surface area (Å²) in [7, 11) is 0. The number of guanidine groups is 1. The zero-order valence-electron chi connectivity index (χ0n) is 20.7. The molecule has 0 saturated carbocycles. The van der Waals surface area contributed by atoms with E-state index in [0.29, 0.717) is 19.1 Å². The molecule has 2 aliphatic heterocycles. The second-order valence-corrected chi connectivity index (χ2v) is 10.5. The second-order valence-electron chi connectivity index (χ2n) is 10.5. The lowest BCUT2D eigenvalue weighted by atomic mass is 10.0. The second kappa shape index (κ2) is 11.8. The Labute approximate surface area is 192 Å². The van der Waals surface area contributed by atoms with Gasteiger partial charge in [-0.15, -0.1) is 4.99 Å². The van der Waals surface area contributed by atoms with Gasteiger partial charge in [-0.05, 0) is 80.2 Å². The fraction of sp³-hybridized carbons (Fsp3) is 0.870. The summed E-state index contributed by atoms with van der Waals surface area (Å²) in [5, 5.41) is 6.17. The summed E-state index contributed by atoms with van der Waals surface area (Å²) in [4.78, 5) is 30.5. The van der Waals surface area contributed by atoms with E-state index in [4.69, 9.17) is 14.2 Å². The molecule has 32 heavy (non-hydrogen) atoms. The Balaban J connectivity index is 1.89. The molecule has 2 amide bonds. The number of rotatable bonds is 4. The summed E-state index contributed by atoms with van der Waals surface area (Å²) in [5.41, 5.74) is -1.33. The van der Waals surface area contributed by atoms with Crippen molar-refractivity contribution in [1.82, 2.24) is 15.5 Å². The minimum Gasteiger partial charge on any atom is -0.444 e. The summed E-state index contributed by atoms with van der Waals surface area (Å²) in [6.45, 7) is 13.7. The number of likely N-dealkylation sites (tertiary alicyclic amines) is 1. The maximum absolute atomic E-state index is 12.3. The number of ether oxygens (including phenoxy) is 3. The van der Waals surface area contributed by atoms with Crippen LogP contribution in [-0.4, -0.2) is 72.6 Å². The highest BCUT2D eigenvalue weighted by Gasteiger charge is 2.27. The number of carbonyl (C=O) groups excluding carboxylic acids is 2. The van der Waals surface area contributed by atoms with E-state index in [1.54, 1.807) is 41.5 Å². The Morgan fingerprint density at radius 2 is 1.66 bits per heavy atom. The first-order valence-corrected chi connectivity index (χ1v) is 11.8. The van der Waals surface area contributed by atoms with Crippen molar-refractivity contribution in [3.05, 3.63) is 0 Å². The van der Waals surface area contributed by atoms with Gasteiger partial charge in [0.1, 0.15) is 11.2 Å². The van der Waals surface area contributed by atoms with E-state index in [0.717, 1.165) is 32.4 Å². The first-order valence-electron chi connectivity index (χ1n) is 11.8. The molecule has 0 unspecified atom stereocenters. The van der Waals surface area contributed by atoms with Gasteiger partial charge >= 0.3 is 12.2 Å². The van der Waals surface area contributed by atoms with Crippen molar-refractivity contribution in [3.8, 4) is 0 Å². The first-order chi connectivity index (χ1) is 14.9. The van der Waals surface area contributed by atoms with Gasteiger partial charge in [0.25, 0.3) is 0 Å². The molecule has 0 aliphatic carbocycles. The molecule has 2 heterocycles. The minimum atomic E-state index is -0.748. The highest BCUT2D eigenvalue weighted by molar-refractivity contribution is 5.98. The first kappa shape index (κ1) is 26.4. The minimum absolute atomic E-state index is 0.151. The van der Waals surface area contributed by atoms with Crippen LogP contribution >= 0.6 is 0 Å². The maximum atomic E-state index is 12.3. The summed E-state index contributed by atoms with van der Waals surface area (Å²) < 4.78 is 16.7. The molecule has 2 fully saturated rings. The zero-order chi connectivity index (χ0) is 23.8. The average molecular weight is 455 g/mol. The van der Waals surface area contributed by atoms with Gasteiger partial charge in [0, 0.05) is 25.7 Å². The Kier molecular flexibility index (Phi) is 9.76. The Morgan fingerprint density at radius 1 is 1.00 bits per heavy atom. The number of amides is 2. The number of carbonyl (C=O) groups is 2. The molecule has 2 N–H and O–H groups in total. The number of piperidine rings is 2. The van der Waals surface area contributed by atoms with Gasteiger partial charge < -0.3 is 24.4 Å². The van der Waals surface area contributed by atoms with Gasteiger partial charge in [-0.1, -0.05) is 6.42 Å². The molecule has 0 spiro atoms. The lowest BCUT2D eigenvalue weighted by molar-refractivity contribution is 0.0131. The van der Waals surface area contributed by atoms with E-state index in [2.05, 4.69) is 15.6 Å². The van der Waals surface area contributed by atoms with Crippen molar-refractivity contribution in [3.63, 3.8) is 0 Å². The number of aliphatic imine (C=N–C) groups is 1. The smallest absolute Gasteiger partial charge is 0.437 e. The third-order valence-corrected chi connectivity index (χ3v) is 5.18. The van der Waals surface area contributed by atoms with Gasteiger partial charge in [-0.2, -0.15) is 0 Å². The summed E-state index contributed by atoms with van der Waals surface area (Å²) in [6.07, 6.45) is 5.16. The normalized spacial score (nSPS) is 21.2. The Morgan fingerprint density at radius 3 is 2.22 bits per heavy atom. The largest absolute Gasteiger partial charge is 0.444 e. The van der Waals surface area contributed by atoms with Crippen LogP contribution in [0.25, 0.3) is 0 Å². The molecule has 0 radical (unpaired) electrons. The molecule has 2 saturated heterocycles. The number of alkyl carbamates (subject to hydrolysis) is 1. The highest BCUT2D eigenvalue weighted by Crippen LogP contribution is 2.17. The molecule has 2 rings (SSSR count). The average Bonchev–Trinajstić information content (AvgIpc) is 2.66. The predicted molar refractivity (Wildman–Crippen MR) is 124 cm³/mol. The van der Waals surface area contributed by atoms with Crippen molar-refractivity contribution >= 4 is 18.1 Å². The molecule has 184 valence electrons. The van der Waals surface area contributed by atoms with Gasteiger partial charge in [-0.3, -0.25) is 5.32 Å². The van der Waals surface area contributed by atoms with E-state index in [1.807, 2.05) is 4.90 Å². The number of hydrogen-bond donors (Lipinski definition) is 2. The monoisotopic (exact) mass is 454 g/mol. The van der Waals surface area contributed by atoms with Crippen LogP contribution in [0.5, 0.6) is 0 Å². The summed E-state index contributed by atoms with van der Waals surface area (Å²) >= 11 is 0. The molecule has 0 aromatic heterocycles. The molecule has 0 aromatic carbocycles.